The highest BCUT2D eigenvalue weighted by atomic mass is 19.1. The summed E-state index contributed by atoms with van der Waals surface area (Å²) in [6, 6.07) is 7.78. The number of aliphatic hydroxyl groups is 3. The van der Waals surface area contributed by atoms with Crippen molar-refractivity contribution in [3.8, 4) is 16.9 Å². The minimum atomic E-state index is -2.32. The molecule has 3 rings (SSSR count). The van der Waals surface area contributed by atoms with E-state index in [4.69, 9.17) is 5.73 Å². The number of ketones is 2. The van der Waals surface area contributed by atoms with Crippen LogP contribution in [0, 0.1) is 17.7 Å². The fraction of sp³-hybridized carbons (Fsp3) is 0.464. The molecule has 2 aromatic rings. The van der Waals surface area contributed by atoms with Crippen LogP contribution in [0.3, 0.4) is 0 Å². The average molecular weight is 531 g/mol. The van der Waals surface area contributed by atoms with Gasteiger partial charge in [-0.25, -0.2) is 4.39 Å². The molecule has 206 valence electrons. The molecule has 1 amide bonds. The number of amides is 1. The van der Waals surface area contributed by atoms with Gasteiger partial charge in [-0.15, -0.1) is 0 Å². The van der Waals surface area contributed by atoms with Gasteiger partial charge in [0.25, 0.3) is 0 Å². The third-order valence-corrected chi connectivity index (χ3v) is 7.21. The van der Waals surface area contributed by atoms with E-state index in [1.54, 1.807) is 18.2 Å². The molecule has 6 N–H and O–H groups in total. The van der Waals surface area contributed by atoms with E-state index in [1.165, 1.54) is 12.1 Å². The van der Waals surface area contributed by atoms with Crippen molar-refractivity contribution in [3.05, 3.63) is 52.8 Å². The Labute approximate surface area is 220 Å². The molecule has 0 aliphatic heterocycles. The molecule has 0 saturated heterocycles. The third kappa shape index (κ3) is 6.27. The van der Waals surface area contributed by atoms with Crippen molar-refractivity contribution in [2.75, 3.05) is 27.3 Å². The van der Waals surface area contributed by atoms with E-state index in [0.717, 1.165) is 0 Å². The first-order valence-corrected chi connectivity index (χ1v) is 12.5. The van der Waals surface area contributed by atoms with Crippen LogP contribution >= 0.6 is 0 Å². The SMILES string of the molecule is CN(C)Cc1cc(-c2ccc(O)c3c2C[C@@H](C[C@@H](CCO)[C@](O)(CO)C(=O)CC(N)=O)CC3=O)ccc1F. The molecular weight excluding hydrogens is 495 g/mol. The second-order valence-electron chi connectivity index (χ2n) is 10.3. The summed E-state index contributed by atoms with van der Waals surface area (Å²) < 4.78 is 14.4. The Balaban J connectivity index is 2.00. The molecule has 1 aliphatic rings. The summed E-state index contributed by atoms with van der Waals surface area (Å²) in [5, 5.41) is 41.1. The Bertz CT molecular complexity index is 1220. The van der Waals surface area contributed by atoms with Gasteiger partial charge >= 0.3 is 0 Å². The third-order valence-electron chi connectivity index (χ3n) is 7.21. The molecule has 2 aromatic carbocycles. The van der Waals surface area contributed by atoms with Crippen LogP contribution in [0.25, 0.3) is 11.1 Å². The van der Waals surface area contributed by atoms with Crippen LogP contribution in [-0.4, -0.2) is 75.7 Å². The van der Waals surface area contributed by atoms with E-state index in [-0.39, 0.29) is 42.2 Å². The topological polar surface area (TPSA) is 161 Å². The summed E-state index contributed by atoms with van der Waals surface area (Å²) in [7, 11) is 3.64. The Kier molecular flexibility index (Phi) is 9.37. The minimum absolute atomic E-state index is 0.00670. The Morgan fingerprint density at radius 1 is 1.18 bits per heavy atom. The van der Waals surface area contributed by atoms with E-state index >= 15 is 0 Å². The molecule has 0 bridgehead atoms. The molecule has 9 nitrogen and oxygen atoms in total. The number of primary amides is 1. The molecule has 38 heavy (non-hydrogen) atoms. The van der Waals surface area contributed by atoms with Crippen LogP contribution < -0.4 is 5.73 Å². The summed E-state index contributed by atoms with van der Waals surface area (Å²) in [5.41, 5.74) is 5.32. The zero-order chi connectivity index (χ0) is 28.2. The van der Waals surface area contributed by atoms with Gasteiger partial charge in [0.05, 0.1) is 18.6 Å². The summed E-state index contributed by atoms with van der Waals surface area (Å²) >= 11 is 0. The van der Waals surface area contributed by atoms with Gasteiger partial charge in [0, 0.05) is 25.1 Å². The predicted octanol–water partition coefficient (Wildman–Crippen LogP) is 1.56. The number of nitrogens with zero attached hydrogens (tertiary/aromatic N) is 1. The maximum Gasteiger partial charge on any atom is 0.224 e. The summed E-state index contributed by atoms with van der Waals surface area (Å²) in [5.74, 6) is -4.13. The van der Waals surface area contributed by atoms with Gasteiger partial charge in [0.2, 0.25) is 5.91 Å². The van der Waals surface area contributed by atoms with Crippen LogP contribution in [0.4, 0.5) is 4.39 Å². The first kappa shape index (κ1) is 29.4. The number of rotatable bonds is 12. The zero-order valence-electron chi connectivity index (χ0n) is 21.6. The van der Waals surface area contributed by atoms with Gasteiger partial charge in [-0.1, -0.05) is 12.1 Å². The molecule has 0 heterocycles. The number of aromatic hydroxyl groups is 1. The smallest absolute Gasteiger partial charge is 0.224 e. The molecule has 10 heteroatoms. The molecule has 0 fully saturated rings. The number of Topliss-reactive ketones (excluding diaryl/α,β-unsaturated/α-hetero) is 2. The first-order chi connectivity index (χ1) is 17.9. The Morgan fingerprint density at radius 3 is 2.50 bits per heavy atom. The lowest BCUT2D eigenvalue weighted by Gasteiger charge is -2.36. The second-order valence-corrected chi connectivity index (χ2v) is 10.3. The predicted molar refractivity (Wildman–Crippen MR) is 138 cm³/mol. The quantitative estimate of drug-likeness (QED) is 0.258. The average Bonchev–Trinajstić information content (AvgIpc) is 2.84. The van der Waals surface area contributed by atoms with Crippen LogP contribution in [0.2, 0.25) is 0 Å². The van der Waals surface area contributed by atoms with Gasteiger partial charge in [0.15, 0.2) is 11.6 Å². The summed E-state index contributed by atoms with van der Waals surface area (Å²) in [6.07, 6.45) is -0.454. The van der Waals surface area contributed by atoms with Gasteiger partial charge in [-0.3, -0.25) is 14.4 Å². The number of benzene rings is 2. The number of carbonyl (C=O) groups is 3. The van der Waals surface area contributed by atoms with Crippen LogP contribution in [0.15, 0.2) is 30.3 Å². The minimum Gasteiger partial charge on any atom is -0.507 e. The van der Waals surface area contributed by atoms with Gasteiger partial charge in [-0.05, 0) is 80.1 Å². The molecule has 0 saturated carbocycles. The largest absolute Gasteiger partial charge is 0.507 e. The molecule has 0 spiro atoms. The number of phenolic OH excluding ortho intramolecular Hbond substituents is 1. The van der Waals surface area contributed by atoms with Crippen molar-refractivity contribution in [1.29, 1.82) is 0 Å². The fourth-order valence-electron chi connectivity index (χ4n) is 5.39. The van der Waals surface area contributed by atoms with E-state index < -0.39 is 48.8 Å². The van der Waals surface area contributed by atoms with Gasteiger partial charge < -0.3 is 31.1 Å². The van der Waals surface area contributed by atoms with Crippen LogP contribution in [0.1, 0.15) is 47.2 Å². The van der Waals surface area contributed by atoms with Crippen molar-refractivity contribution < 1.29 is 39.2 Å². The number of aliphatic hydroxyl groups excluding tert-OH is 2. The number of hydrogen-bond acceptors (Lipinski definition) is 8. The molecular formula is C28H35FN2O7. The van der Waals surface area contributed by atoms with Crippen molar-refractivity contribution >= 4 is 17.5 Å². The van der Waals surface area contributed by atoms with E-state index in [1.807, 2.05) is 19.0 Å². The lowest BCUT2D eigenvalue weighted by molar-refractivity contribution is -0.153. The Morgan fingerprint density at radius 2 is 1.89 bits per heavy atom. The highest BCUT2D eigenvalue weighted by Crippen LogP contribution is 2.42. The molecule has 0 unspecified atom stereocenters. The van der Waals surface area contributed by atoms with Crippen molar-refractivity contribution in [3.63, 3.8) is 0 Å². The summed E-state index contributed by atoms with van der Waals surface area (Å²) in [6.45, 7) is -1.01. The lowest BCUT2D eigenvalue weighted by Crippen LogP contribution is -2.51. The van der Waals surface area contributed by atoms with Crippen molar-refractivity contribution in [1.82, 2.24) is 4.90 Å². The van der Waals surface area contributed by atoms with E-state index in [0.29, 0.717) is 35.2 Å². The summed E-state index contributed by atoms with van der Waals surface area (Å²) in [4.78, 5) is 38.9. The van der Waals surface area contributed by atoms with Crippen molar-refractivity contribution in [2.45, 2.75) is 44.2 Å². The fourth-order valence-corrected chi connectivity index (χ4v) is 5.39. The first-order valence-electron chi connectivity index (χ1n) is 12.5. The normalized spacial score (nSPS) is 17.7. The maximum atomic E-state index is 14.4. The van der Waals surface area contributed by atoms with Crippen molar-refractivity contribution in [2.24, 2.45) is 17.6 Å². The van der Waals surface area contributed by atoms with Crippen LogP contribution in [0.5, 0.6) is 5.75 Å². The molecule has 1 aliphatic carbocycles. The number of nitrogens with two attached hydrogens (primary N) is 1. The number of carbonyl (C=O) groups excluding carboxylic acids is 3. The van der Waals surface area contributed by atoms with E-state index in [9.17, 15) is 39.2 Å². The van der Waals surface area contributed by atoms with Gasteiger partial charge in [0.1, 0.15) is 17.2 Å². The zero-order valence-corrected chi connectivity index (χ0v) is 21.6. The lowest BCUT2D eigenvalue weighted by atomic mass is 9.71. The van der Waals surface area contributed by atoms with Gasteiger partial charge in [-0.2, -0.15) is 0 Å². The molecule has 3 atom stereocenters. The Hall–Kier alpha value is -3.18. The molecule has 0 aromatic heterocycles. The van der Waals surface area contributed by atoms with E-state index in [2.05, 4.69) is 0 Å². The molecule has 0 radical (unpaired) electrons. The monoisotopic (exact) mass is 530 g/mol. The maximum absolute atomic E-state index is 14.4. The highest BCUT2D eigenvalue weighted by molar-refractivity contribution is 6.03. The standard InChI is InChI=1S/C28H35FN2O7/c1-31(2)14-18-12-17(3-5-22(18)29)20-4-6-23(34)27-21(20)10-16(11-24(27)35)9-19(7-8-32)28(38,15-33)25(36)13-26(30)37/h3-6,12,16,19,32-34,38H,7-11,13-15H2,1-2H3,(H2,30,37)/t16-,19-,28-/m1/s1. The van der Waals surface area contributed by atoms with Crippen LogP contribution in [-0.2, 0) is 22.6 Å². The number of phenols is 1. The second kappa shape index (κ2) is 12.1. The number of fused-ring (bicyclic) bond motifs is 1. The number of hydrogen-bond donors (Lipinski definition) is 5. The highest BCUT2D eigenvalue weighted by Gasteiger charge is 2.45. The number of halogens is 1.